The molecule has 25 heavy (non-hydrogen) atoms. The van der Waals surface area contributed by atoms with Gasteiger partial charge in [-0.15, -0.1) is 0 Å². The van der Waals surface area contributed by atoms with E-state index in [1.54, 1.807) is 36.2 Å². The van der Waals surface area contributed by atoms with E-state index in [0.29, 0.717) is 23.1 Å². The number of hydrogen-bond acceptors (Lipinski definition) is 6. The van der Waals surface area contributed by atoms with E-state index in [9.17, 15) is 13.2 Å². The van der Waals surface area contributed by atoms with E-state index in [1.165, 1.54) is 12.3 Å². The van der Waals surface area contributed by atoms with Crippen LogP contribution < -0.4 is 10.2 Å². The molecule has 1 saturated heterocycles. The Balaban J connectivity index is 1.77. The van der Waals surface area contributed by atoms with Crippen LogP contribution in [0, 0.1) is 0 Å². The summed E-state index contributed by atoms with van der Waals surface area (Å²) in [6, 6.07) is 8.21. The Kier molecular flexibility index (Phi) is 4.91. The SMILES string of the molecule is CN(c1nccc(C(=O)Nc2ccccc2Cl)n1)C1CCS(=O)(=O)C1. The van der Waals surface area contributed by atoms with Crippen LogP contribution in [0.3, 0.4) is 0 Å². The van der Waals surface area contributed by atoms with Crippen LogP contribution in [0.2, 0.25) is 5.02 Å². The number of nitrogens with zero attached hydrogens (tertiary/aromatic N) is 3. The molecule has 132 valence electrons. The number of halogens is 1. The van der Waals surface area contributed by atoms with Crippen molar-refractivity contribution in [2.75, 3.05) is 28.8 Å². The molecule has 7 nitrogen and oxygen atoms in total. The topological polar surface area (TPSA) is 92.3 Å². The molecule has 0 aliphatic carbocycles. The van der Waals surface area contributed by atoms with E-state index in [-0.39, 0.29) is 23.2 Å². The fourth-order valence-electron chi connectivity index (χ4n) is 2.64. The van der Waals surface area contributed by atoms with Crippen molar-refractivity contribution in [2.45, 2.75) is 12.5 Å². The summed E-state index contributed by atoms with van der Waals surface area (Å²) in [5.74, 6) is 0.135. The summed E-state index contributed by atoms with van der Waals surface area (Å²) in [4.78, 5) is 22.5. The van der Waals surface area contributed by atoms with Gasteiger partial charge in [-0.3, -0.25) is 4.79 Å². The van der Waals surface area contributed by atoms with E-state index in [4.69, 9.17) is 11.6 Å². The lowest BCUT2D eigenvalue weighted by Gasteiger charge is -2.23. The number of aromatic nitrogens is 2. The summed E-state index contributed by atoms with van der Waals surface area (Å²) < 4.78 is 23.3. The molecular weight excluding hydrogens is 364 g/mol. The Morgan fingerprint density at radius 3 is 2.76 bits per heavy atom. The van der Waals surface area contributed by atoms with Crippen molar-refractivity contribution in [3.8, 4) is 0 Å². The molecule has 0 saturated carbocycles. The van der Waals surface area contributed by atoms with Gasteiger partial charge in [-0.1, -0.05) is 23.7 Å². The molecule has 1 aromatic heterocycles. The average molecular weight is 381 g/mol. The van der Waals surface area contributed by atoms with Crippen molar-refractivity contribution in [3.05, 3.63) is 47.2 Å². The monoisotopic (exact) mass is 380 g/mol. The smallest absolute Gasteiger partial charge is 0.274 e. The summed E-state index contributed by atoms with van der Waals surface area (Å²) in [7, 11) is -1.28. The molecule has 1 N–H and O–H groups in total. The van der Waals surface area contributed by atoms with Gasteiger partial charge in [0.2, 0.25) is 5.95 Å². The van der Waals surface area contributed by atoms with E-state index in [1.807, 2.05) is 0 Å². The molecule has 1 aromatic carbocycles. The zero-order chi connectivity index (χ0) is 18.0. The molecule has 0 spiro atoms. The average Bonchev–Trinajstić information content (AvgIpc) is 2.96. The maximum absolute atomic E-state index is 12.4. The van der Waals surface area contributed by atoms with Crippen molar-refractivity contribution in [2.24, 2.45) is 0 Å². The highest BCUT2D eigenvalue weighted by Gasteiger charge is 2.31. The van der Waals surface area contributed by atoms with Crippen LogP contribution in [0.15, 0.2) is 36.5 Å². The fraction of sp³-hybridized carbons (Fsp3) is 0.312. The van der Waals surface area contributed by atoms with Gasteiger partial charge in [-0.05, 0) is 24.6 Å². The van der Waals surface area contributed by atoms with Gasteiger partial charge in [-0.25, -0.2) is 18.4 Å². The van der Waals surface area contributed by atoms with Crippen molar-refractivity contribution in [1.29, 1.82) is 0 Å². The number of sulfone groups is 1. The highest BCUT2D eigenvalue weighted by Crippen LogP contribution is 2.22. The van der Waals surface area contributed by atoms with Crippen LogP contribution in [0.4, 0.5) is 11.6 Å². The number of carbonyl (C=O) groups excluding carboxylic acids is 1. The standard InChI is InChI=1S/C16H17ClN4O3S/c1-21(11-7-9-25(23,24)10-11)16-18-8-6-14(20-16)15(22)19-13-5-3-2-4-12(13)17/h2-6,8,11H,7,9-10H2,1H3,(H,19,22). The largest absolute Gasteiger partial charge is 0.340 e. The Hall–Kier alpha value is -2.19. The van der Waals surface area contributed by atoms with Crippen LogP contribution in [0.5, 0.6) is 0 Å². The van der Waals surface area contributed by atoms with E-state index < -0.39 is 15.7 Å². The van der Waals surface area contributed by atoms with Gasteiger partial charge in [0.05, 0.1) is 22.2 Å². The van der Waals surface area contributed by atoms with Crippen molar-refractivity contribution < 1.29 is 13.2 Å². The lowest BCUT2D eigenvalue weighted by molar-refractivity contribution is 0.102. The maximum Gasteiger partial charge on any atom is 0.274 e. The number of hydrogen-bond donors (Lipinski definition) is 1. The number of benzene rings is 1. The van der Waals surface area contributed by atoms with Crippen molar-refractivity contribution in [3.63, 3.8) is 0 Å². The van der Waals surface area contributed by atoms with Gasteiger partial charge in [0, 0.05) is 19.3 Å². The van der Waals surface area contributed by atoms with Gasteiger partial charge in [0.25, 0.3) is 5.91 Å². The highest BCUT2D eigenvalue weighted by atomic mass is 35.5. The molecule has 3 rings (SSSR count). The molecule has 2 aromatic rings. The summed E-state index contributed by atoms with van der Waals surface area (Å²) in [5, 5.41) is 3.13. The second-order valence-electron chi connectivity index (χ2n) is 5.84. The molecule has 2 heterocycles. The maximum atomic E-state index is 12.4. The molecule has 1 fully saturated rings. The lowest BCUT2D eigenvalue weighted by atomic mass is 10.2. The third-order valence-electron chi connectivity index (χ3n) is 4.07. The Morgan fingerprint density at radius 2 is 2.08 bits per heavy atom. The third-order valence-corrected chi connectivity index (χ3v) is 6.15. The first-order valence-corrected chi connectivity index (χ1v) is 9.88. The number of anilines is 2. The van der Waals surface area contributed by atoms with Crippen molar-refractivity contribution >= 4 is 39.0 Å². The Labute approximate surface area is 151 Å². The molecule has 1 aliphatic rings. The first-order chi connectivity index (χ1) is 11.9. The molecule has 0 bridgehead atoms. The number of rotatable bonds is 4. The molecule has 9 heteroatoms. The minimum atomic E-state index is -3.01. The Bertz CT molecular complexity index is 904. The second-order valence-corrected chi connectivity index (χ2v) is 8.48. The second kappa shape index (κ2) is 6.97. The predicted molar refractivity (Wildman–Crippen MR) is 96.9 cm³/mol. The summed E-state index contributed by atoms with van der Waals surface area (Å²) in [5.41, 5.74) is 0.669. The van der Waals surface area contributed by atoms with Crippen LogP contribution in [0.1, 0.15) is 16.9 Å². The van der Waals surface area contributed by atoms with Crippen LogP contribution in [0.25, 0.3) is 0 Å². The van der Waals surface area contributed by atoms with E-state index >= 15 is 0 Å². The quantitative estimate of drug-likeness (QED) is 0.872. The van der Waals surface area contributed by atoms with E-state index in [0.717, 1.165) is 0 Å². The molecule has 0 radical (unpaired) electrons. The highest BCUT2D eigenvalue weighted by molar-refractivity contribution is 7.91. The van der Waals surface area contributed by atoms with Gasteiger partial charge in [0.15, 0.2) is 9.84 Å². The van der Waals surface area contributed by atoms with E-state index in [2.05, 4.69) is 15.3 Å². The summed E-state index contributed by atoms with van der Waals surface area (Å²) in [6.45, 7) is 0. The zero-order valence-corrected chi connectivity index (χ0v) is 15.1. The lowest BCUT2D eigenvalue weighted by Crippen LogP contribution is -2.34. The van der Waals surface area contributed by atoms with Gasteiger partial charge in [0.1, 0.15) is 5.69 Å². The first-order valence-electron chi connectivity index (χ1n) is 7.68. The molecule has 1 unspecified atom stereocenters. The normalized spacial score (nSPS) is 18.7. The predicted octanol–water partition coefficient (Wildman–Crippen LogP) is 2.01. The minimum absolute atomic E-state index is 0.0723. The van der Waals surface area contributed by atoms with Gasteiger partial charge >= 0.3 is 0 Å². The number of para-hydroxylation sites is 1. The first kappa shape index (κ1) is 17.6. The van der Waals surface area contributed by atoms with Gasteiger partial charge in [-0.2, -0.15) is 0 Å². The molecular formula is C16H17ClN4O3S. The van der Waals surface area contributed by atoms with Gasteiger partial charge < -0.3 is 10.2 Å². The number of amides is 1. The molecule has 1 atom stereocenters. The minimum Gasteiger partial charge on any atom is -0.340 e. The zero-order valence-electron chi connectivity index (χ0n) is 13.5. The van der Waals surface area contributed by atoms with Crippen LogP contribution in [-0.4, -0.2) is 48.9 Å². The van der Waals surface area contributed by atoms with Crippen LogP contribution >= 0.6 is 11.6 Å². The Morgan fingerprint density at radius 1 is 1.32 bits per heavy atom. The molecule has 1 amide bonds. The fourth-order valence-corrected chi connectivity index (χ4v) is 4.60. The van der Waals surface area contributed by atoms with Crippen LogP contribution in [-0.2, 0) is 9.84 Å². The number of carbonyl (C=O) groups is 1. The third kappa shape index (κ3) is 4.08. The summed E-state index contributed by atoms with van der Waals surface area (Å²) in [6.07, 6.45) is 2.00. The summed E-state index contributed by atoms with van der Waals surface area (Å²) >= 11 is 6.04. The molecule has 1 aliphatic heterocycles. The van der Waals surface area contributed by atoms with Crippen molar-refractivity contribution in [1.82, 2.24) is 9.97 Å². The number of nitrogens with one attached hydrogen (secondary N) is 1.